The maximum Gasteiger partial charge on any atom is 0.0981 e. The minimum Gasteiger partial charge on any atom is -0.287 e. The van der Waals surface area contributed by atoms with E-state index in [9.17, 15) is 0 Å². The Labute approximate surface area is 164 Å². The smallest absolute Gasteiger partial charge is 0.0981 e. The van der Waals surface area contributed by atoms with E-state index in [1.165, 1.54) is 34.5 Å². The van der Waals surface area contributed by atoms with Gasteiger partial charge in [0.1, 0.15) is 0 Å². The molecule has 2 nitrogen and oxygen atoms in total. The van der Waals surface area contributed by atoms with Gasteiger partial charge in [-0.05, 0) is 72.9 Å². The number of fused-ring (bicyclic) bond motifs is 2. The average Bonchev–Trinajstić information content (AvgIpc) is 2.71. The first kappa shape index (κ1) is 17.7. The normalized spacial score (nSPS) is 29.0. The third-order valence-corrected chi connectivity index (χ3v) is 5.98. The van der Waals surface area contributed by atoms with Gasteiger partial charge in [0.05, 0.1) is 11.7 Å². The Morgan fingerprint density at radius 2 is 2.19 bits per heavy atom. The molecule has 0 N–H and O–H groups in total. The van der Waals surface area contributed by atoms with E-state index < -0.39 is 0 Å². The Hall–Kier alpha value is -1.74. The minimum absolute atomic E-state index is 0.245. The Bertz CT molecular complexity index is 802. The molecular weight excluding hydrogens is 384 g/mol. The molecule has 2 unspecified atom stereocenters. The molecule has 0 spiro atoms. The lowest BCUT2D eigenvalue weighted by atomic mass is 9.81. The first-order valence-electron chi connectivity index (χ1n) is 9.68. The van der Waals surface area contributed by atoms with Gasteiger partial charge < -0.3 is 0 Å². The molecule has 0 aromatic carbocycles. The lowest BCUT2D eigenvalue weighted by Crippen LogP contribution is -2.28. The molecule has 3 heteroatoms. The summed E-state index contributed by atoms with van der Waals surface area (Å²) in [5.41, 5.74) is 6.79. The summed E-state index contributed by atoms with van der Waals surface area (Å²) in [5.74, 6) is 0.534. The van der Waals surface area contributed by atoms with Crippen molar-refractivity contribution in [3.05, 3.63) is 69.9 Å². The van der Waals surface area contributed by atoms with Gasteiger partial charge in [-0.1, -0.05) is 58.5 Å². The van der Waals surface area contributed by atoms with Crippen LogP contribution in [0, 0.1) is 5.92 Å². The van der Waals surface area contributed by atoms with Gasteiger partial charge in [-0.25, -0.2) is 0 Å². The number of allylic oxidation sites excluding steroid dienone is 9. The Kier molecular flexibility index (Phi) is 5.64. The molecule has 2 aliphatic carbocycles. The van der Waals surface area contributed by atoms with Crippen LogP contribution in [0.3, 0.4) is 0 Å². The Morgan fingerprint density at radius 3 is 3.04 bits per heavy atom. The third-order valence-electron chi connectivity index (χ3n) is 5.61. The first-order chi connectivity index (χ1) is 12.9. The van der Waals surface area contributed by atoms with Gasteiger partial charge in [0.2, 0.25) is 0 Å². The van der Waals surface area contributed by atoms with Crippen molar-refractivity contribution in [2.24, 2.45) is 15.9 Å². The molecule has 0 saturated carbocycles. The van der Waals surface area contributed by atoms with Gasteiger partial charge in [-0.15, -0.1) is 0 Å². The number of rotatable bonds is 4. The fraction of sp³-hybridized carbons (Fsp3) is 0.391. The lowest BCUT2D eigenvalue weighted by molar-refractivity contribution is 0.494. The van der Waals surface area contributed by atoms with Crippen molar-refractivity contribution >= 4 is 27.9 Å². The lowest BCUT2D eigenvalue weighted by Gasteiger charge is -2.32. The van der Waals surface area contributed by atoms with Crippen molar-refractivity contribution in [2.45, 2.75) is 51.0 Å². The second kappa shape index (κ2) is 8.30. The van der Waals surface area contributed by atoms with Crippen molar-refractivity contribution in [3.8, 4) is 0 Å². The predicted molar refractivity (Wildman–Crippen MR) is 115 cm³/mol. The molecule has 2 atom stereocenters. The maximum atomic E-state index is 5.22. The van der Waals surface area contributed by atoms with Crippen molar-refractivity contribution in [1.82, 2.24) is 0 Å². The van der Waals surface area contributed by atoms with Gasteiger partial charge in [-0.2, -0.15) is 0 Å². The quantitative estimate of drug-likeness (QED) is 0.514. The number of aliphatic imine (C=N–C) groups is 2. The number of halogens is 1. The van der Waals surface area contributed by atoms with Crippen LogP contribution in [0.25, 0.3) is 0 Å². The van der Waals surface area contributed by atoms with Gasteiger partial charge in [0.15, 0.2) is 0 Å². The van der Waals surface area contributed by atoms with E-state index in [2.05, 4.69) is 64.7 Å². The van der Waals surface area contributed by atoms with E-state index in [1.54, 1.807) is 0 Å². The molecule has 0 saturated heterocycles. The molecule has 134 valence electrons. The SMILES string of the molecule is Br/C=C/CC/C(C1=NC2=C(C=CC3CCC=NC23)CC1)=C1/C=CC=CC1. The molecule has 0 radical (unpaired) electrons. The molecule has 0 aromatic heterocycles. The van der Waals surface area contributed by atoms with E-state index >= 15 is 0 Å². The minimum atomic E-state index is 0.245. The van der Waals surface area contributed by atoms with E-state index in [0.29, 0.717) is 5.92 Å². The molecule has 4 aliphatic rings. The van der Waals surface area contributed by atoms with Crippen molar-refractivity contribution in [2.75, 3.05) is 0 Å². The van der Waals surface area contributed by atoms with Crippen molar-refractivity contribution in [1.29, 1.82) is 0 Å². The van der Waals surface area contributed by atoms with Crippen LogP contribution in [0.1, 0.15) is 44.9 Å². The van der Waals surface area contributed by atoms with Crippen LogP contribution >= 0.6 is 15.9 Å². The predicted octanol–water partition coefficient (Wildman–Crippen LogP) is 6.40. The van der Waals surface area contributed by atoms with E-state index in [4.69, 9.17) is 9.98 Å². The van der Waals surface area contributed by atoms with E-state index in [1.807, 2.05) is 4.99 Å². The van der Waals surface area contributed by atoms with Gasteiger partial charge >= 0.3 is 0 Å². The molecular formula is C23H25BrN2. The fourth-order valence-corrected chi connectivity index (χ4v) is 4.52. The summed E-state index contributed by atoms with van der Waals surface area (Å²) in [6.07, 6.45) is 25.3. The molecule has 0 aromatic rings. The monoisotopic (exact) mass is 408 g/mol. The summed E-state index contributed by atoms with van der Waals surface area (Å²) in [4.78, 5) is 12.0. The summed E-state index contributed by atoms with van der Waals surface area (Å²) in [6, 6.07) is 0.245. The van der Waals surface area contributed by atoms with Crippen LogP contribution < -0.4 is 0 Å². The highest BCUT2D eigenvalue weighted by Crippen LogP contribution is 2.38. The molecule has 2 aliphatic heterocycles. The maximum absolute atomic E-state index is 5.22. The van der Waals surface area contributed by atoms with Crippen LogP contribution in [0.4, 0.5) is 0 Å². The first-order valence-corrected chi connectivity index (χ1v) is 10.6. The van der Waals surface area contributed by atoms with Gasteiger partial charge in [0.25, 0.3) is 0 Å². The molecule has 0 bridgehead atoms. The zero-order valence-corrected chi connectivity index (χ0v) is 16.7. The van der Waals surface area contributed by atoms with Crippen LogP contribution in [0.15, 0.2) is 79.9 Å². The van der Waals surface area contributed by atoms with Gasteiger partial charge in [-0.3, -0.25) is 9.98 Å². The number of hydrogen-bond acceptors (Lipinski definition) is 2. The molecule has 0 fully saturated rings. The zero-order chi connectivity index (χ0) is 17.8. The molecule has 2 heterocycles. The summed E-state index contributed by atoms with van der Waals surface area (Å²) in [6.45, 7) is 0. The topological polar surface area (TPSA) is 24.7 Å². The fourth-order valence-electron chi connectivity index (χ4n) is 4.25. The summed E-state index contributed by atoms with van der Waals surface area (Å²) in [5, 5.41) is 0. The summed E-state index contributed by atoms with van der Waals surface area (Å²) in [7, 11) is 0. The highest BCUT2D eigenvalue weighted by Gasteiger charge is 2.31. The summed E-state index contributed by atoms with van der Waals surface area (Å²) < 4.78 is 0. The number of nitrogens with zero attached hydrogens (tertiary/aromatic N) is 2. The van der Waals surface area contributed by atoms with Crippen molar-refractivity contribution < 1.29 is 0 Å². The second-order valence-corrected chi connectivity index (χ2v) is 7.77. The largest absolute Gasteiger partial charge is 0.287 e. The van der Waals surface area contributed by atoms with Crippen molar-refractivity contribution in [3.63, 3.8) is 0 Å². The highest BCUT2D eigenvalue weighted by atomic mass is 79.9. The Morgan fingerprint density at radius 1 is 1.23 bits per heavy atom. The standard InChI is InChI=1S/C23H25BrN2/c24-15-5-4-10-20(17-7-2-1-3-8-17)21-14-13-19-12-11-18-9-6-16-25-22(18)23(19)26-21/h1-3,5,7,11-12,15-16,18,22H,4,6,8-10,13-14H2/b15-5+,20-17+. The van der Waals surface area contributed by atoms with E-state index in [0.717, 1.165) is 38.5 Å². The third kappa shape index (κ3) is 3.68. The molecule has 26 heavy (non-hydrogen) atoms. The van der Waals surface area contributed by atoms with Crippen LogP contribution in [-0.4, -0.2) is 18.0 Å². The summed E-state index contributed by atoms with van der Waals surface area (Å²) >= 11 is 3.39. The zero-order valence-electron chi connectivity index (χ0n) is 15.1. The molecule has 4 rings (SSSR count). The number of hydrogen-bond donors (Lipinski definition) is 0. The van der Waals surface area contributed by atoms with Crippen LogP contribution in [0.5, 0.6) is 0 Å². The van der Waals surface area contributed by atoms with Crippen LogP contribution in [0.2, 0.25) is 0 Å². The van der Waals surface area contributed by atoms with E-state index in [-0.39, 0.29) is 6.04 Å². The Balaban J connectivity index is 1.69. The average molecular weight is 409 g/mol. The van der Waals surface area contributed by atoms with Crippen LogP contribution in [-0.2, 0) is 0 Å². The highest BCUT2D eigenvalue weighted by molar-refractivity contribution is 9.11. The van der Waals surface area contributed by atoms with Gasteiger partial charge in [0, 0.05) is 11.6 Å². The molecule has 0 amide bonds. The second-order valence-electron chi connectivity index (χ2n) is 7.24.